The summed E-state index contributed by atoms with van der Waals surface area (Å²) in [4.78, 5) is 42.7. The van der Waals surface area contributed by atoms with Gasteiger partial charge in [0.2, 0.25) is 0 Å². The van der Waals surface area contributed by atoms with Gasteiger partial charge in [0, 0.05) is 6.07 Å². The molecular weight excluding hydrogens is 514 g/mol. The van der Waals surface area contributed by atoms with Crippen LogP contribution in [0.4, 0.5) is 5.69 Å². The zero-order chi connectivity index (χ0) is 26.3. The molecule has 1 aliphatic rings. The standard InChI is InChI=1S/C27H20ClN3O5S/c1-3-36-26(33)23-15(2)29-27-30(24(23)19-10-6-8-17-7-4-5-9-18(17)19)25(32)22(37-27)14-16-11-12-20(28)21(13-16)31(34)35/h4-14,24H,3H2,1-2H3/b22-14+/t24-/m1/s1. The van der Waals surface area contributed by atoms with Gasteiger partial charge in [-0.3, -0.25) is 19.5 Å². The van der Waals surface area contributed by atoms with Gasteiger partial charge in [0.15, 0.2) is 4.80 Å². The Labute approximate surface area is 219 Å². The summed E-state index contributed by atoms with van der Waals surface area (Å²) in [6.45, 7) is 3.63. The first-order valence-electron chi connectivity index (χ1n) is 11.4. The van der Waals surface area contributed by atoms with Crippen LogP contribution in [0.25, 0.3) is 16.8 Å². The second kappa shape index (κ2) is 9.76. The van der Waals surface area contributed by atoms with Crippen LogP contribution >= 0.6 is 22.9 Å². The normalized spacial score (nSPS) is 15.4. The van der Waals surface area contributed by atoms with Crippen LogP contribution in [-0.2, 0) is 9.53 Å². The third-order valence-corrected chi connectivity index (χ3v) is 7.40. The van der Waals surface area contributed by atoms with Gasteiger partial charge >= 0.3 is 5.97 Å². The fourth-order valence-corrected chi connectivity index (χ4v) is 5.72. The van der Waals surface area contributed by atoms with E-state index in [9.17, 15) is 19.7 Å². The van der Waals surface area contributed by atoms with Crippen LogP contribution in [0.3, 0.4) is 0 Å². The largest absolute Gasteiger partial charge is 0.463 e. The topological polar surface area (TPSA) is 104 Å². The molecule has 8 nitrogen and oxygen atoms in total. The predicted molar refractivity (Wildman–Crippen MR) is 142 cm³/mol. The van der Waals surface area contributed by atoms with Gasteiger partial charge in [-0.2, -0.15) is 0 Å². The molecule has 0 spiro atoms. The van der Waals surface area contributed by atoms with Crippen molar-refractivity contribution in [3.8, 4) is 0 Å². The SMILES string of the molecule is CCOC(=O)C1=C(C)N=c2s/c(=C/c3ccc(Cl)c([N+](=O)[O-])c3)c(=O)n2[C@@H]1c1cccc2ccccc12. The Kier molecular flexibility index (Phi) is 6.49. The van der Waals surface area contributed by atoms with Crippen molar-refractivity contribution in [2.45, 2.75) is 19.9 Å². The molecule has 1 aliphatic heterocycles. The van der Waals surface area contributed by atoms with Crippen molar-refractivity contribution in [3.63, 3.8) is 0 Å². The lowest BCUT2D eigenvalue weighted by molar-refractivity contribution is -0.384. The van der Waals surface area contributed by atoms with E-state index in [4.69, 9.17) is 16.3 Å². The second-order valence-corrected chi connectivity index (χ2v) is 9.75. The minimum Gasteiger partial charge on any atom is -0.463 e. The number of aromatic nitrogens is 1. The Morgan fingerprint density at radius 2 is 1.97 bits per heavy atom. The smallest absolute Gasteiger partial charge is 0.338 e. The molecule has 1 atom stereocenters. The molecule has 0 fully saturated rings. The number of hydrogen-bond donors (Lipinski definition) is 0. The first-order valence-corrected chi connectivity index (χ1v) is 12.6. The summed E-state index contributed by atoms with van der Waals surface area (Å²) >= 11 is 7.10. The quantitative estimate of drug-likeness (QED) is 0.213. The first-order chi connectivity index (χ1) is 17.8. The average Bonchev–Trinajstić information content (AvgIpc) is 3.18. The number of halogens is 1. The van der Waals surface area contributed by atoms with Crippen LogP contribution in [0.1, 0.15) is 31.0 Å². The lowest BCUT2D eigenvalue weighted by Crippen LogP contribution is -2.40. The Morgan fingerprint density at radius 3 is 2.73 bits per heavy atom. The van der Waals surface area contributed by atoms with Crippen molar-refractivity contribution in [1.29, 1.82) is 0 Å². The summed E-state index contributed by atoms with van der Waals surface area (Å²) in [6.07, 6.45) is 1.57. The van der Waals surface area contributed by atoms with Gasteiger partial charge in [0.05, 0.1) is 33.4 Å². The zero-order valence-electron chi connectivity index (χ0n) is 19.8. The van der Waals surface area contributed by atoms with Gasteiger partial charge in [0.1, 0.15) is 5.02 Å². The number of carbonyl (C=O) groups excluding carboxylic acids is 1. The third-order valence-electron chi connectivity index (χ3n) is 6.10. The lowest BCUT2D eigenvalue weighted by Gasteiger charge is -2.25. The molecular formula is C27H20ClN3O5S. The molecule has 0 saturated carbocycles. The Hall–Kier alpha value is -4.08. The summed E-state index contributed by atoms with van der Waals surface area (Å²) in [7, 11) is 0. The summed E-state index contributed by atoms with van der Waals surface area (Å²) in [5, 5.41) is 13.2. The number of carbonyl (C=O) groups is 1. The highest BCUT2D eigenvalue weighted by molar-refractivity contribution is 7.07. The summed E-state index contributed by atoms with van der Waals surface area (Å²) in [5.41, 5.74) is 1.35. The number of esters is 1. The maximum atomic E-state index is 13.8. The number of thiazole rings is 1. The van der Waals surface area contributed by atoms with Crippen molar-refractivity contribution in [1.82, 2.24) is 4.57 Å². The van der Waals surface area contributed by atoms with Crippen LogP contribution in [0, 0.1) is 10.1 Å². The van der Waals surface area contributed by atoms with E-state index in [1.54, 1.807) is 26.0 Å². The van der Waals surface area contributed by atoms with E-state index >= 15 is 0 Å². The summed E-state index contributed by atoms with van der Waals surface area (Å²) in [5.74, 6) is -0.538. The summed E-state index contributed by atoms with van der Waals surface area (Å²) < 4.78 is 7.19. The van der Waals surface area contributed by atoms with Crippen LogP contribution in [0.15, 0.2) is 81.7 Å². The molecule has 3 aromatic carbocycles. The number of fused-ring (bicyclic) bond motifs is 2. The first kappa shape index (κ1) is 24.6. The van der Waals surface area contributed by atoms with Gasteiger partial charge in [-0.1, -0.05) is 71.5 Å². The molecule has 4 aromatic rings. The highest BCUT2D eigenvalue weighted by atomic mass is 35.5. The Balaban J connectivity index is 1.78. The van der Waals surface area contributed by atoms with E-state index in [1.165, 1.54) is 16.7 Å². The number of nitro benzene ring substituents is 1. The van der Waals surface area contributed by atoms with Crippen molar-refractivity contribution < 1.29 is 14.5 Å². The van der Waals surface area contributed by atoms with E-state index in [-0.39, 0.29) is 22.9 Å². The Bertz CT molecular complexity index is 1800. The molecule has 0 saturated heterocycles. The fourth-order valence-electron chi connectivity index (χ4n) is 4.49. The monoisotopic (exact) mass is 533 g/mol. The van der Waals surface area contributed by atoms with E-state index in [0.29, 0.717) is 26.2 Å². The molecule has 0 bridgehead atoms. The Morgan fingerprint density at radius 1 is 1.22 bits per heavy atom. The highest BCUT2D eigenvalue weighted by Gasteiger charge is 2.34. The van der Waals surface area contributed by atoms with Gasteiger partial charge in [-0.25, -0.2) is 9.79 Å². The van der Waals surface area contributed by atoms with E-state index < -0.39 is 16.9 Å². The molecule has 0 unspecified atom stereocenters. The van der Waals surface area contributed by atoms with Gasteiger partial charge in [-0.05, 0) is 47.9 Å². The molecule has 10 heteroatoms. The molecule has 37 heavy (non-hydrogen) atoms. The molecule has 5 rings (SSSR count). The van der Waals surface area contributed by atoms with Gasteiger partial charge in [-0.15, -0.1) is 0 Å². The average molecular weight is 534 g/mol. The fraction of sp³-hybridized carbons (Fsp3) is 0.148. The molecule has 1 aromatic heterocycles. The van der Waals surface area contributed by atoms with Gasteiger partial charge in [0.25, 0.3) is 11.2 Å². The van der Waals surface area contributed by atoms with Crippen molar-refractivity contribution in [3.05, 3.63) is 118 Å². The molecule has 2 heterocycles. The number of nitro groups is 1. The van der Waals surface area contributed by atoms with Crippen molar-refractivity contribution >= 4 is 51.4 Å². The van der Waals surface area contributed by atoms with Crippen molar-refractivity contribution in [2.24, 2.45) is 4.99 Å². The summed E-state index contributed by atoms with van der Waals surface area (Å²) in [6, 6.07) is 17.1. The number of nitrogens with zero attached hydrogens (tertiary/aromatic N) is 3. The highest BCUT2D eigenvalue weighted by Crippen LogP contribution is 2.34. The van der Waals surface area contributed by atoms with Crippen molar-refractivity contribution in [2.75, 3.05) is 6.61 Å². The van der Waals surface area contributed by atoms with Gasteiger partial charge < -0.3 is 4.74 Å². The van der Waals surface area contributed by atoms with E-state index in [1.807, 2.05) is 42.5 Å². The molecule has 0 amide bonds. The van der Waals surface area contributed by atoms with Crippen LogP contribution < -0.4 is 14.9 Å². The second-order valence-electron chi connectivity index (χ2n) is 8.34. The number of rotatable bonds is 5. The number of allylic oxidation sites excluding steroid dienone is 1. The van der Waals surface area contributed by atoms with Crippen LogP contribution in [0.2, 0.25) is 5.02 Å². The molecule has 186 valence electrons. The maximum Gasteiger partial charge on any atom is 0.338 e. The number of ether oxygens (including phenoxy) is 1. The minimum absolute atomic E-state index is 0.00858. The maximum absolute atomic E-state index is 13.8. The predicted octanol–water partition coefficient (Wildman–Crippen LogP) is 4.51. The molecule has 0 aliphatic carbocycles. The van der Waals surface area contributed by atoms with Crippen LogP contribution in [0.5, 0.6) is 0 Å². The minimum atomic E-state index is -0.761. The van der Waals surface area contributed by atoms with E-state index in [0.717, 1.165) is 27.7 Å². The third kappa shape index (κ3) is 4.36. The number of benzene rings is 3. The molecule has 0 radical (unpaired) electrons. The molecule has 0 N–H and O–H groups in total. The number of hydrogen-bond acceptors (Lipinski definition) is 7. The lowest BCUT2D eigenvalue weighted by atomic mass is 9.91. The zero-order valence-corrected chi connectivity index (χ0v) is 21.4. The van der Waals surface area contributed by atoms with E-state index in [2.05, 4.69) is 4.99 Å². The van der Waals surface area contributed by atoms with Crippen LogP contribution in [-0.4, -0.2) is 22.1 Å².